The van der Waals surface area contributed by atoms with Gasteiger partial charge >= 0.3 is 5.97 Å². The van der Waals surface area contributed by atoms with E-state index in [9.17, 15) is 4.79 Å². The number of benzene rings is 1. The van der Waals surface area contributed by atoms with E-state index in [4.69, 9.17) is 14.5 Å². The lowest BCUT2D eigenvalue weighted by atomic mass is 10.1. The van der Waals surface area contributed by atoms with Crippen molar-refractivity contribution < 1.29 is 19.3 Å². The first kappa shape index (κ1) is 16.5. The second kappa shape index (κ2) is 10.3. The minimum atomic E-state index is -0.482. The zero-order valence-corrected chi connectivity index (χ0v) is 12.1. The lowest BCUT2D eigenvalue weighted by molar-refractivity contribution is -0.241. The van der Waals surface area contributed by atoms with E-state index in [-0.39, 0.29) is 0 Å². The molecule has 0 spiro atoms. The minimum absolute atomic E-state index is 0.437. The zero-order chi connectivity index (χ0) is 14.6. The van der Waals surface area contributed by atoms with Gasteiger partial charge in [-0.15, -0.1) is 0 Å². The highest BCUT2D eigenvalue weighted by molar-refractivity contribution is 5.89. The molecule has 1 aromatic rings. The number of hydrogen-bond donors (Lipinski definition) is 0. The van der Waals surface area contributed by atoms with Crippen molar-refractivity contribution in [1.82, 2.24) is 0 Å². The number of ether oxygens (including phenoxy) is 1. The number of methoxy groups -OCH3 is 1. The molecule has 0 aliphatic heterocycles. The first-order chi connectivity index (χ1) is 9.77. The molecule has 4 heteroatoms. The van der Waals surface area contributed by atoms with Crippen LogP contribution in [0, 0.1) is 6.92 Å². The largest absolute Gasteiger partial charge is 0.497 e. The zero-order valence-electron chi connectivity index (χ0n) is 12.1. The van der Waals surface area contributed by atoms with Gasteiger partial charge in [0.1, 0.15) is 5.75 Å². The molecule has 0 N–H and O–H groups in total. The molecule has 0 fully saturated rings. The average molecular weight is 279 g/mol. The summed E-state index contributed by atoms with van der Waals surface area (Å²) in [5.41, 5.74) is 0.446. The first-order valence-corrected chi connectivity index (χ1v) is 7.05. The maximum absolute atomic E-state index is 11.6. The summed E-state index contributed by atoms with van der Waals surface area (Å²) in [4.78, 5) is 21.3. The molecule has 0 unspecified atom stereocenters. The van der Waals surface area contributed by atoms with Gasteiger partial charge in [0.15, 0.2) is 0 Å². The van der Waals surface area contributed by atoms with Crippen LogP contribution in [0.2, 0.25) is 0 Å². The monoisotopic (exact) mass is 279 g/mol. The van der Waals surface area contributed by atoms with Crippen LogP contribution in [0.1, 0.15) is 48.9 Å². The van der Waals surface area contributed by atoms with E-state index < -0.39 is 5.97 Å². The summed E-state index contributed by atoms with van der Waals surface area (Å²) in [6, 6.07) is 6.70. The van der Waals surface area contributed by atoms with Crippen molar-refractivity contribution in [2.45, 2.75) is 38.5 Å². The maximum atomic E-state index is 11.6. The maximum Gasteiger partial charge on any atom is 0.373 e. The fourth-order valence-corrected chi connectivity index (χ4v) is 1.74. The highest BCUT2D eigenvalue weighted by Gasteiger charge is 2.08. The van der Waals surface area contributed by atoms with E-state index in [2.05, 4.69) is 6.92 Å². The molecule has 1 rings (SSSR count). The summed E-state index contributed by atoms with van der Waals surface area (Å²) < 4.78 is 5.01. The molecule has 20 heavy (non-hydrogen) atoms. The van der Waals surface area contributed by atoms with Crippen molar-refractivity contribution in [3.8, 4) is 5.75 Å². The second-order valence-electron chi connectivity index (χ2n) is 4.54. The normalized spacial score (nSPS) is 10.3. The highest BCUT2D eigenvalue weighted by Crippen LogP contribution is 2.12. The fraction of sp³-hybridized carbons (Fsp3) is 0.500. The molecule has 0 atom stereocenters. The topological polar surface area (TPSA) is 44.8 Å². The van der Waals surface area contributed by atoms with Gasteiger partial charge in [0.25, 0.3) is 0 Å². The van der Waals surface area contributed by atoms with Gasteiger partial charge in [-0.1, -0.05) is 39.0 Å². The Bertz CT molecular complexity index is 373. The van der Waals surface area contributed by atoms with Gasteiger partial charge in [0.2, 0.25) is 0 Å². The van der Waals surface area contributed by atoms with Gasteiger partial charge in [0, 0.05) is 0 Å². The smallest absolute Gasteiger partial charge is 0.373 e. The summed E-state index contributed by atoms with van der Waals surface area (Å²) in [6.07, 6.45) is 6.52. The molecular weight excluding hydrogens is 256 g/mol. The van der Waals surface area contributed by atoms with E-state index in [1.54, 1.807) is 31.4 Å². The van der Waals surface area contributed by atoms with Crippen molar-refractivity contribution in [2.75, 3.05) is 13.7 Å². The van der Waals surface area contributed by atoms with Crippen LogP contribution in [-0.4, -0.2) is 19.7 Å². The van der Waals surface area contributed by atoms with Gasteiger partial charge in [-0.3, -0.25) is 4.89 Å². The Labute approximate surface area is 121 Å². The summed E-state index contributed by atoms with van der Waals surface area (Å²) >= 11 is 0. The summed E-state index contributed by atoms with van der Waals surface area (Å²) in [5, 5.41) is 0. The Hall–Kier alpha value is -1.55. The third-order valence-electron chi connectivity index (χ3n) is 2.94. The van der Waals surface area contributed by atoms with Crippen LogP contribution < -0.4 is 4.74 Å². The molecule has 0 heterocycles. The number of hydrogen-bond acceptors (Lipinski definition) is 4. The third kappa shape index (κ3) is 6.57. The van der Waals surface area contributed by atoms with Crippen LogP contribution >= 0.6 is 0 Å². The van der Waals surface area contributed by atoms with Crippen molar-refractivity contribution in [2.24, 2.45) is 0 Å². The van der Waals surface area contributed by atoms with E-state index in [1.165, 1.54) is 19.3 Å². The molecule has 0 saturated carbocycles. The number of carbonyl (C=O) groups excluding carboxylic acids is 1. The molecule has 0 bridgehead atoms. The second-order valence-corrected chi connectivity index (χ2v) is 4.54. The molecule has 0 amide bonds. The molecule has 0 aromatic heterocycles. The number of rotatable bonds is 10. The lowest BCUT2D eigenvalue weighted by Crippen LogP contribution is -2.07. The van der Waals surface area contributed by atoms with E-state index in [0.717, 1.165) is 19.3 Å². The molecule has 1 aromatic carbocycles. The predicted molar refractivity (Wildman–Crippen MR) is 77.4 cm³/mol. The fourth-order valence-electron chi connectivity index (χ4n) is 1.74. The highest BCUT2D eigenvalue weighted by atomic mass is 17.2. The SMILES string of the molecule is [CH2]CCCCCCCOOC(=O)c1ccc(OC)cc1. The number of unbranched alkanes of at least 4 members (excludes halogenated alkanes) is 5. The van der Waals surface area contributed by atoms with Gasteiger partial charge in [-0.25, -0.2) is 4.79 Å². The van der Waals surface area contributed by atoms with E-state index in [0.29, 0.717) is 17.9 Å². The Kier molecular flexibility index (Phi) is 8.47. The Morgan fingerprint density at radius 3 is 2.35 bits per heavy atom. The Balaban J connectivity index is 2.10. The summed E-state index contributed by atoms with van der Waals surface area (Å²) in [7, 11) is 1.58. The van der Waals surface area contributed by atoms with Crippen molar-refractivity contribution in [1.29, 1.82) is 0 Å². The Morgan fingerprint density at radius 1 is 1.05 bits per heavy atom. The molecule has 111 valence electrons. The summed E-state index contributed by atoms with van der Waals surface area (Å²) in [5.74, 6) is 0.217. The van der Waals surface area contributed by atoms with Crippen LogP contribution in [0.5, 0.6) is 5.75 Å². The standard InChI is InChI=1S/C16H23O4/c1-3-4-5-6-7-8-13-19-20-16(17)14-9-11-15(18-2)12-10-14/h9-12H,1,3-8,13H2,2H3. The van der Waals surface area contributed by atoms with Crippen molar-refractivity contribution >= 4 is 5.97 Å². The van der Waals surface area contributed by atoms with Gasteiger partial charge in [-0.2, -0.15) is 4.89 Å². The molecular formula is C16H23O4. The van der Waals surface area contributed by atoms with Crippen LogP contribution in [0.3, 0.4) is 0 Å². The predicted octanol–water partition coefficient (Wildman–Crippen LogP) is 3.96. The van der Waals surface area contributed by atoms with E-state index in [1.807, 2.05) is 0 Å². The minimum Gasteiger partial charge on any atom is -0.497 e. The number of carbonyl (C=O) groups is 1. The van der Waals surface area contributed by atoms with Crippen molar-refractivity contribution in [3.63, 3.8) is 0 Å². The quantitative estimate of drug-likeness (QED) is 0.369. The van der Waals surface area contributed by atoms with Crippen LogP contribution in [0.15, 0.2) is 24.3 Å². The first-order valence-electron chi connectivity index (χ1n) is 7.05. The van der Waals surface area contributed by atoms with Gasteiger partial charge in [-0.05, 0) is 30.7 Å². The van der Waals surface area contributed by atoms with Gasteiger partial charge in [0.05, 0.1) is 19.3 Å². The van der Waals surface area contributed by atoms with Crippen molar-refractivity contribution in [3.05, 3.63) is 36.8 Å². The summed E-state index contributed by atoms with van der Waals surface area (Å²) in [6.45, 7) is 4.24. The van der Waals surface area contributed by atoms with Crippen LogP contribution in [-0.2, 0) is 9.78 Å². The van der Waals surface area contributed by atoms with Crippen LogP contribution in [0.25, 0.3) is 0 Å². The molecule has 0 aliphatic rings. The molecule has 1 radical (unpaired) electrons. The third-order valence-corrected chi connectivity index (χ3v) is 2.94. The lowest BCUT2D eigenvalue weighted by Gasteiger charge is -2.04. The average Bonchev–Trinajstić information content (AvgIpc) is 2.50. The van der Waals surface area contributed by atoms with Gasteiger partial charge < -0.3 is 4.74 Å². The Morgan fingerprint density at radius 2 is 1.70 bits per heavy atom. The van der Waals surface area contributed by atoms with E-state index >= 15 is 0 Å². The molecule has 4 nitrogen and oxygen atoms in total. The van der Waals surface area contributed by atoms with Crippen LogP contribution in [0.4, 0.5) is 0 Å². The molecule has 0 saturated heterocycles. The molecule has 0 aliphatic carbocycles.